The SMILES string of the molecule is COCCN(Cc1cnc(S(=O)(=O)Cc2ccccc2C)n1CC(C)C)C(=O)Cc1ccccc1. The molecule has 0 saturated carbocycles. The van der Waals surface area contributed by atoms with E-state index >= 15 is 0 Å². The second kappa shape index (κ2) is 12.1. The van der Waals surface area contributed by atoms with Crippen molar-refractivity contribution >= 4 is 15.7 Å². The molecular weight excluding hydrogens is 462 g/mol. The minimum atomic E-state index is -3.69. The standard InChI is InChI=1S/C27H35N3O4S/c1-21(2)18-30-25(17-28-27(30)35(32,33)20-24-13-9-8-10-22(24)3)19-29(14-15-34-4)26(31)16-23-11-6-5-7-12-23/h5-13,17,21H,14-16,18-20H2,1-4H3. The molecule has 1 heterocycles. The molecule has 0 bridgehead atoms. The lowest BCUT2D eigenvalue weighted by Gasteiger charge is -2.24. The van der Waals surface area contributed by atoms with Gasteiger partial charge in [0.2, 0.25) is 20.9 Å². The molecule has 0 spiro atoms. The van der Waals surface area contributed by atoms with Crippen LogP contribution in [0.15, 0.2) is 66.0 Å². The van der Waals surface area contributed by atoms with Gasteiger partial charge in [-0.25, -0.2) is 13.4 Å². The number of aryl methyl sites for hydroxylation is 1. The number of nitrogens with zero attached hydrogens (tertiary/aromatic N) is 3. The fraction of sp³-hybridized carbons (Fsp3) is 0.407. The molecule has 7 nitrogen and oxygen atoms in total. The van der Waals surface area contributed by atoms with E-state index in [1.807, 2.05) is 75.4 Å². The van der Waals surface area contributed by atoms with Gasteiger partial charge in [-0.2, -0.15) is 0 Å². The molecule has 35 heavy (non-hydrogen) atoms. The predicted octanol–water partition coefficient (Wildman–Crippen LogP) is 4.04. The Morgan fingerprint density at radius 2 is 1.77 bits per heavy atom. The summed E-state index contributed by atoms with van der Waals surface area (Å²) in [6, 6.07) is 17.1. The van der Waals surface area contributed by atoms with Gasteiger partial charge in [-0.1, -0.05) is 68.4 Å². The first-order chi connectivity index (χ1) is 16.7. The molecule has 0 radical (unpaired) electrons. The van der Waals surface area contributed by atoms with Crippen molar-refractivity contribution in [3.05, 3.63) is 83.2 Å². The molecule has 0 saturated heterocycles. The average Bonchev–Trinajstić information content (AvgIpc) is 3.21. The van der Waals surface area contributed by atoms with Crippen LogP contribution in [0, 0.1) is 12.8 Å². The molecule has 0 aliphatic rings. The highest BCUT2D eigenvalue weighted by Gasteiger charge is 2.26. The van der Waals surface area contributed by atoms with Gasteiger partial charge in [0.25, 0.3) is 0 Å². The van der Waals surface area contributed by atoms with Gasteiger partial charge < -0.3 is 14.2 Å². The second-order valence-electron chi connectivity index (χ2n) is 9.19. The van der Waals surface area contributed by atoms with E-state index in [1.165, 1.54) is 0 Å². The molecular formula is C27H35N3O4S. The number of imidazole rings is 1. The number of methoxy groups -OCH3 is 1. The highest BCUT2D eigenvalue weighted by molar-refractivity contribution is 7.90. The number of amides is 1. The third-order valence-corrected chi connectivity index (χ3v) is 7.38. The van der Waals surface area contributed by atoms with Crippen LogP contribution >= 0.6 is 0 Å². The number of ether oxygens (including phenoxy) is 1. The summed E-state index contributed by atoms with van der Waals surface area (Å²) in [6.07, 6.45) is 1.85. The molecule has 0 N–H and O–H groups in total. The number of sulfone groups is 1. The second-order valence-corrected chi connectivity index (χ2v) is 11.1. The molecule has 8 heteroatoms. The molecule has 1 amide bonds. The number of hydrogen-bond acceptors (Lipinski definition) is 5. The molecule has 0 unspecified atom stereocenters. The van der Waals surface area contributed by atoms with E-state index in [0.717, 1.165) is 16.7 Å². The van der Waals surface area contributed by atoms with E-state index in [4.69, 9.17) is 4.74 Å². The normalized spacial score (nSPS) is 11.7. The topological polar surface area (TPSA) is 81.5 Å². The minimum absolute atomic E-state index is 0.0464. The number of hydrogen-bond donors (Lipinski definition) is 0. The molecule has 3 aromatic rings. The zero-order valence-corrected chi connectivity index (χ0v) is 21.8. The van der Waals surface area contributed by atoms with Crippen molar-refractivity contribution in [2.75, 3.05) is 20.3 Å². The Labute approximate surface area is 208 Å². The highest BCUT2D eigenvalue weighted by Crippen LogP contribution is 2.22. The van der Waals surface area contributed by atoms with E-state index in [2.05, 4.69) is 4.98 Å². The third kappa shape index (κ3) is 7.26. The average molecular weight is 498 g/mol. The van der Waals surface area contributed by atoms with Crippen molar-refractivity contribution in [3.8, 4) is 0 Å². The van der Waals surface area contributed by atoms with Crippen molar-refractivity contribution < 1.29 is 17.9 Å². The van der Waals surface area contributed by atoms with E-state index in [1.54, 1.807) is 22.8 Å². The van der Waals surface area contributed by atoms with Gasteiger partial charge in [0.05, 0.1) is 37.2 Å². The quantitative estimate of drug-likeness (QED) is 0.377. The number of aromatic nitrogens is 2. The van der Waals surface area contributed by atoms with Crippen LogP contribution in [-0.4, -0.2) is 49.0 Å². The summed E-state index contributed by atoms with van der Waals surface area (Å²) >= 11 is 0. The van der Waals surface area contributed by atoms with Gasteiger partial charge >= 0.3 is 0 Å². The number of carbonyl (C=O) groups excluding carboxylic acids is 1. The Hall–Kier alpha value is -2.97. The maximum absolute atomic E-state index is 13.4. The fourth-order valence-electron chi connectivity index (χ4n) is 3.94. The van der Waals surface area contributed by atoms with E-state index in [0.29, 0.717) is 25.4 Å². The molecule has 1 aromatic heterocycles. The molecule has 0 atom stereocenters. The first-order valence-electron chi connectivity index (χ1n) is 11.8. The summed E-state index contributed by atoms with van der Waals surface area (Å²) in [4.78, 5) is 19.2. The van der Waals surface area contributed by atoms with Crippen LogP contribution in [0.5, 0.6) is 0 Å². The van der Waals surface area contributed by atoms with Crippen LogP contribution in [0.1, 0.15) is 36.2 Å². The smallest absolute Gasteiger partial charge is 0.228 e. The highest BCUT2D eigenvalue weighted by atomic mass is 32.2. The van der Waals surface area contributed by atoms with Crippen molar-refractivity contribution in [1.82, 2.24) is 14.5 Å². The van der Waals surface area contributed by atoms with Gasteiger partial charge in [0.1, 0.15) is 0 Å². The van der Waals surface area contributed by atoms with Crippen LogP contribution in [0.2, 0.25) is 0 Å². The van der Waals surface area contributed by atoms with Gasteiger partial charge in [0, 0.05) is 20.2 Å². The summed E-state index contributed by atoms with van der Waals surface area (Å²) in [7, 11) is -2.09. The maximum atomic E-state index is 13.4. The van der Waals surface area contributed by atoms with Crippen LogP contribution in [0.3, 0.4) is 0 Å². The number of rotatable bonds is 12. The molecule has 0 fully saturated rings. The lowest BCUT2D eigenvalue weighted by molar-refractivity contribution is -0.131. The Balaban J connectivity index is 1.90. The Morgan fingerprint density at radius 3 is 2.43 bits per heavy atom. The molecule has 0 aliphatic heterocycles. The summed E-state index contributed by atoms with van der Waals surface area (Å²) in [5.41, 5.74) is 3.31. The first kappa shape index (κ1) is 26.6. The summed E-state index contributed by atoms with van der Waals surface area (Å²) in [6.45, 7) is 7.51. The minimum Gasteiger partial charge on any atom is -0.383 e. The van der Waals surface area contributed by atoms with E-state index in [9.17, 15) is 13.2 Å². The Kier molecular flexibility index (Phi) is 9.23. The number of carbonyl (C=O) groups is 1. The maximum Gasteiger partial charge on any atom is 0.228 e. The summed E-state index contributed by atoms with van der Waals surface area (Å²) in [5, 5.41) is 0.0478. The largest absolute Gasteiger partial charge is 0.383 e. The zero-order valence-electron chi connectivity index (χ0n) is 21.0. The van der Waals surface area contributed by atoms with Crippen LogP contribution in [0.25, 0.3) is 0 Å². The molecule has 0 aliphatic carbocycles. The third-order valence-electron chi connectivity index (χ3n) is 5.80. The predicted molar refractivity (Wildman–Crippen MR) is 137 cm³/mol. The number of benzene rings is 2. The van der Waals surface area contributed by atoms with Crippen molar-refractivity contribution in [2.45, 2.75) is 51.2 Å². The van der Waals surface area contributed by atoms with E-state index < -0.39 is 9.84 Å². The van der Waals surface area contributed by atoms with Crippen molar-refractivity contribution in [2.24, 2.45) is 5.92 Å². The van der Waals surface area contributed by atoms with Gasteiger partial charge in [0.15, 0.2) is 0 Å². The van der Waals surface area contributed by atoms with Crippen molar-refractivity contribution in [3.63, 3.8) is 0 Å². The zero-order chi connectivity index (χ0) is 25.4. The Bertz CT molecular complexity index is 1220. The monoisotopic (exact) mass is 497 g/mol. The van der Waals surface area contributed by atoms with Crippen molar-refractivity contribution in [1.29, 1.82) is 0 Å². The van der Waals surface area contributed by atoms with E-state index in [-0.39, 0.29) is 35.7 Å². The van der Waals surface area contributed by atoms with Gasteiger partial charge in [-0.3, -0.25) is 4.79 Å². The van der Waals surface area contributed by atoms with Gasteiger partial charge in [-0.15, -0.1) is 0 Å². The summed E-state index contributed by atoms with van der Waals surface area (Å²) in [5.74, 6) is 0.0341. The Morgan fingerprint density at radius 1 is 1.09 bits per heavy atom. The molecule has 2 aromatic carbocycles. The summed E-state index contributed by atoms with van der Waals surface area (Å²) < 4.78 is 33.8. The lowest BCUT2D eigenvalue weighted by atomic mass is 10.1. The molecule has 3 rings (SSSR count). The van der Waals surface area contributed by atoms with Crippen LogP contribution < -0.4 is 0 Å². The van der Waals surface area contributed by atoms with Crippen LogP contribution in [-0.2, 0) is 44.6 Å². The molecule has 188 valence electrons. The first-order valence-corrected chi connectivity index (χ1v) is 13.5. The van der Waals surface area contributed by atoms with Crippen LogP contribution in [0.4, 0.5) is 0 Å². The fourth-order valence-corrected chi connectivity index (χ4v) is 5.54. The lowest BCUT2D eigenvalue weighted by Crippen LogP contribution is -2.35. The van der Waals surface area contributed by atoms with Gasteiger partial charge in [-0.05, 0) is 29.5 Å².